The lowest BCUT2D eigenvalue weighted by Crippen LogP contribution is -2.31. The molecule has 1 heterocycles. The molecule has 0 aromatic carbocycles. The van der Waals surface area contributed by atoms with E-state index < -0.39 is 0 Å². The summed E-state index contributed by atoms with van der Waals surface area (Å²) < 4.78 is 0. The van der Waals surface area contributed by atoms with Crippen LogP contribution in [0.4, 0.5) is 5.82 Å². The molecule has 1 unspecified atom stereocenters. The maximum absolute atomic E-state index is 4.51. The van der Waals surface area contributed by atoms with E-state index in [0.717, 1.165) is 24.8 Å². The summed E-state index contributed by atoms with van der Waals surface area (Å²) in [5.41, 5.74) is 1.32. The molecule has 2 rings (SSSR count). The summed E-state index contributed by atoms with van der Waals surface area (Å²) >= 11 is 0. The zero-order valence-corrected chi connectivity index (χ0v) is 12.7. The van der Waals surface area contributed by atoms with Crippen LogP contribution in [0.25, 0.3) is 0 Å². The number of anilines is 1. The number of hydrogen-bond acceptors (Lipinski definition) is 3. The zero-order chi connectivity index (χ0) is 13.8. The molecule has 1 aromatic heterocycles. The molecule has 3 nitrogen and oxygen atoms in total. The first-order chi connectivity index (χ1) is 9.08. The molecule has 0 aliphatic heterocycles. The van der Waals surface area contributed by atoms with Crippen molar-refractivity contribution in [2.24, 2.45) is 11.8 Å². The smallest absolute Gasteiger partial charge is 0.128 e. The van der Waals surface area contributed by atoms with Gasteiger partial charge in [0.25, 0.3) is 0 Å². The Labute approximate surface area is 117 Å². The quantitative estimate of drug-likeness (QED) is 0.817. The third-order valence-electron chi connectivity index (χ3n) is 3.97. The van der Waals surface area contributed by atoms with Gasteiger partial charge in [-0.25, -0.2) is 4.98 Å². The lowest BCUT2D eigenvalue weighted by molar-refractivity contribution is 0.552. The molecule has 0 bridgehead atoms. The summed E-state index contributed by atoms with van der Waals surface area (Å²) in [5, 5.41) is 3.49. The summed E-state index contributed by atoms with van der Waals surface area (Å²) in [7, 11) is 2.16. The fraction of sp³-hybridized carbons (Fsp3) is 0.688. The SMILES string of the molecule is CC(C)CNCc1ccnc(N(C)C(C)C2CC2)c1. The number of rotatable bonds is 7. The highest BCUT2D eigenvalue weighted by atomic mass is 15.2. The van der Waals surface area contributed by atoms with Crippen molar-refractivity contribution < 1.29 is 0 Å². The van der Waals surface area contributed by atoms with Gasteiger partial charge in [-0.05, 0) is 55.8 Å². The molecule has 1 aromatic rings. The minimum Gasteiger partial charge on any atom is -0.357 e. The van der Waals surface area contributed by atoms with Crippen LogP contribution in [-0.4, -0.2) is 24.6 Å². The molecular weight excluding hydrogens is 234 g/mol. The van der Waals surface area contributed by atoms with Crippen LogP contribution in [0.15, 0.2) is 18.3 Å². The second-order valence-electron chi connectivity index (χ2n) is 6.24. The average molecular weight is 261 g/mol. The average Bonchev–Trinajstić information content (AvgIpc) is 3.21. The third-order valence-corrected chi connectivity index (χ3v) is 3.97. The van der Waals surface area contributed by atoms with Crippen molar-refractivity contribution in [2.75, 3.05) is 18.5 Å². The van der Waals surface area contributed by atoms with E-state index in [-0.39, 0.29) is 0 Å². The van der Waals surface area contributed by atoms with E-state index >= 15 is 0 Å². The van der Waals surface area contributed by atoms with Gasteiger partial charge in [-0.3, -0.25) is 0 Å². The maximum atomic E-state index is 4.51. The molecule has 3 heteroatoms. The Balaban J connectivity index is 1.93. The normalized spacial score (nSPS) is 16.7. The van der Waals surface area contributed by atoms with Crippen molar-refractivity contribution >= 4 is 5.82 Å². The lowest BCUT2D eigenvalue weighted by Gasteiger charge is -2.26. The number of nitrogens with one attached hydrogen (secondary N) is 1. The van der Waals surface area contributed by atoms with Crippen LogP contribution >= 0.6 is 0 Å². The summed E-state index contributed by atoms with van der Waals surface area (Å²) in [6.45, 7) is 8.76. The number of nitrogens with zero attached hydrogens (tertiary/aromatic N) is 2. The fourth-order valence-electron chi connectivity index (χ4n) is 2.37. The van der Waals surface area contributed by atoms with Crippen LogP contribution in [0.5, 0.6) is 0 Å². The van der Waals surface area contributed by atoms with Crippen molar-refractivity contribution in [1.82, 2.24) is 10.3 Å². The highest BCUT2D eigenvalue weighted by Crippen LogP contribution is 2.35. The maximum Gasteiger partial charge on any atom is 0.128 e. The Bertz CT molecular complexity index is 399. The number of pyridine rings is 1. The molecule has 1 aliphatic carbocycles. The van der Waals surface area contributed by atoms with Gasteiger partial charge in [-0.15, -0.1) is 0 Å². The fourth-order valence-corrected chi connectivity index (χ4v) is 2.37. The van der Waals surface area contributed by atoms with Gasteiger partial charge in [0.05, 0.1) is 0 Å². The van der Waals surface area contributed by atoms with Crippen molar-refractivity contribution in [3.8, 4) is 0 Å². The van der Waals surface area contributed by atoms with Crippen molar-refractivity contribution in [3.05, 3.63) is 23.9 Å². The molecule has 1 saturated carbocycles. The standard InChI is InChI=1S/C16H27N3/c1-12(2)10-17-11-14-7-8-18-16(9-14)19(4)13(3)15-5-6-15/h7-9,12-13,15,17H,5-6,10-11H2,1-4H3. The van der Waals surface area contributed by atoms with Gasteiger partial charge in [0, 0.05) is 25.8 Å². The highest BCUT2D eigenvalue weighted by Gasteiger charge is 2.30. The first kappa shape index (κ1) is 14.3. The minimum absolute atomic E-state index is 0.603. The topological polar surface area (TPSA) is 28.2 Å². The molecule has 1 aliphatic rings. The molecule has 0 saturated heterocycles. The van der Waals surface area contributed by atoms with Gasteiger partial charge in [0.1, 0.15) is 5.82 Å². The van der Waals surface area contributed by atoms with Crippen molar-refractivity contribution in [2.45, 2.75) is 46.2 Å². The van der Waals surface area contributed by atoms with Crippen LogP contribution in [0.2, 0.25) is 0 Å². The van der Waals surface area contributed by atoms with E-state index in [2.05, 4.69) is 55.2 Å². The van der Waals surface area contributed by atoms with E-state index in [1.807, 2.05) is 6.20 Å². The summed E-state index contributed by atoms with van der Waals surface area (Å²) in [4.78, 5) is 6.83. The van der Waals surface area contributed by atoms with Crippen LogP contribution < -0.4 is 10.2 Å². The largest absolute Gasteiger partial charge is 0.357 e. The van der Waals surface area contributed by atoms with Gasteiger partial charge < -0.3 is 10.2 Å². The molecule has 19 heavy (non-hydrogen) atoms. The second-order valence-corrected chi connectivity index (χ2v) is 6.24. The van der Waals surface area contributed by atoms with E-state index in [9.17, 15) is 0 Å². The Morgan fingerprint density at radius 1 is 1.37 bits per heavy atom. The second kappa shape index (κ2) is 6.38. The summed E-state index contributed by atoms with van der Waals surface area (Å²) in [6, 6.07) is 4.92. The number of aromatic nitrogens is 1. The van der Waals surface area contributed by atoms with Gasteiger partial charge >= 0.3 is 0 Å². The lowest BCUT2D eigenvalue weighted by atomic mass is 10.1. The van der Waals surface area contributed by atoms with Crippen molar-refractivity contribution in [3.63, 3.8) is 0 Å². The molecular formula is C16H27N3. The first-order valence-electron chi connectivity index (χ1n) is 7.46. The molecule has 1 atom stereocenters. The van der Waals surface area contributed by atoms with Crippen LogP contribution in [0.1, 0.15) is 39.2 Å². The van der Waals surface area contributed by atoms with E-state index in [0.29, 0.717) is 12.0 Å². The number of hydrogen-bond donors (Lipinski definition) is 1. The third kappa shape index (κ3) is 4.20. The molecule has 0 amide bonds. The van der Waals surface area contributed by atoms with E-state index in [4.69, 9.17) is 0 Å². The predicted molar refractivity (Wildman–Crippen MR) is 81.4 cm³/mol. The van der Waals surface area contributed by atoms with Gasteiger partial charge in [0.15, 0.2) is 0 Å². The Hall–Kier alpha value is -1.09. The Morgan fingerprint density at radius 2 is 2.11 bits per heavy atom. The van der Waals surface area contributed by atoms with Crippen molar-refractivity contribution in [1.29, 1.82) is 0 Å². The summed E-state index contributed by atoms with van der Waals surface area (Å²) in [5.74, 6) is 2.66. The molecule has 0 spiro atoms. The van der Waals surface area contributed by atoms with Gasteiger partial charge in [-0.2, -0.15) is 0 Å². The molecule has 106 valence electrons. The van der Waals surface area contributed by atoms with Gasteiger partial charge in [0.2, 0.25) is 0 Å². The van der Waals surface area contributed by atoms with Crippen LogP contribution in [-0.2, 0) is 6.54 Å². The molecule has 1 fully saturated rings. The first-order valence-corrected chi connectivity index (χ1v) is 7.46. The summed E-state index contributed by atoms with van der Waals surface area (Å²) in [6.07, 6.45) is 4.68. The minimum atomic E-state index is 0.603. The Morgan fingerprint density at radius 3 is 2.74 bits per heavy atom. The van der Waals surface area contributed by atoms with E-state index in [1.54, 1.807) is 0 Å². The monoisotopic (exact) mass is 261 g/mol. The predicted octanol–water partition coefficient (Wildman–Crippen LogP) is 3.06. The van der Waals surface area contributed by atoms with Crippen LogP contribution in [0.3, 0.4) is 0 Å². The molecule has 1 N–H and O–H groups in total. The van der Waals surface area contributed by atoms with E-state index in [1.165, 1.54) is 18.4 Å². The Kier molecular flexibility index (Phi) is 4.81. The van der Waals surface area contributed by atoms with Crippen LogP contribution in [0, 0.1) is 11.8 Å². The molecule has 0 radical (unpaired) electrons. The van der Waals surface area contributed by atoms with Gasteiger partial charge in [-0.1, -0.05) is 13.8 Å². The highest BCUT2D eigenvalue weighted by molar-refractivity contribution is 5.41. The zero-order valence-electron chi connectivity index (χ0n) is 12.7.